The lowest BCUT2D eigenvalue weighted by atomic mass is 10.1. The molecule has 0 spiro atoms. The quantitative estimate of drug-likeness (QED) is 0.802. The second kappa shape index (κ2) is 8.59. The molecule has 0 aliphatic rings. The topological polar surface area (TPSA) is 41.1 Å². The maximum absolute atomic E-state index is 11.9. The highest BCUT2D eigenvalue weighted by Crippen LogP contribution is 2.17. The highest BCUT2D eigenvalue weighted by Gasteiger charge is 2.03. The predicted octanol–water partition coefficient (Wildman–Crippen LogP) is 4.12. The molecule has 0 unspecified atom stereocenters. The number of rotatable bonds is 7. The van der Waals surface area contributed by atoms with Gasteiger partial charge < -0.3 is 10.6 Å². The van der Waals surface area contributed by atoms with Crippen molar-refractivity contribution in [3.05, 3.63) is 64.2 Å². The third-order valence-corrected chi connectivity index (χ3v) is 4.13. The largest absolute Gasteiger partial charge is 0.384 e. The summed E-state index contributed by atoms with van der Waals surface area (Å²) in [7, 11) is 0. The minimum Gasteiger partial charge on any atom is -0.384 e. The lowest BCUT2D eigenvalue weighted by molar-refractivity contribution is -0.120. The van der Waals surface area contributed by atoms with Crippen molar-refractivity contribution in [1.82, 2.24) is 5.32 Å². The molecule has 0 aromatic heterocycles. The maximum Gasteiger partial charge on any atom is 0.221 e. The van der Waals surface area contributed by atoms with Gasteiger partial charge in [-0.2, -0.15) is 0 Å². The smallest absolute Gasteiger partial charge is 0.221 e. The lowest BCUT2D eigenvalue weighted by Gasteiger charge is -2.11. The van der Waals surface area contributed by atoms with E-state index in [0.717, 1.165) is 22.7 Å². The molecule has 0 radical (unpaired) electrons. The van der Waals surface area contributed by atoms with Crippen molar-refractivity contribution in [2.24, 2.45) is 0 Å². The van der Waals surface area contributed by atoms with Gasteiger partial charge in [0.25, 0.3) is 0 Å². The molecule has 2 aromatic rings. The van der Waals surface area contributed by atoms with E-state index in [1.165, 1.54) is 11.1 Å². The molecule has 0 atom stereocenters. The Morgan fingerprint density at radius 1 is 1.09 bits per heavy atom. The molecule has 0 saturated carbocycles. The Morgan fingerprint density at radius 3 is 2.65 bits per heavy atom. The number of aryl methyl sites for hydroxylation is 1. The van der Waals surface area contributed by atoms with Crippen molar-refractivity contribution in [2.45, 2.75) is 26.7 Å². The van der Waals surface area contributed by atoms with Crippen molar-refractivity contribution < 1.29 is 4.79 Å². The van der Waals surface area contributed by atoms with Crippen molar-refractivity contribution in [3.63, 3.8) is 0 Å². The van der Waals surface area contributed by atoms with Crippen LogP contribution in [-0.2, 0) is 11.2 Å². The molecule has 1 amide bonds. The van der Waals surface area contributed by atoms with Gasteiger partial charge in [0.1, 0.15) is 0 Å². The van der Waals surface area contributed by atoms with Crippen LogP contribution in [0.15, 0.2) is 42.5 Å². The SMILES string of the molecule is Cc1cccc(NCCC(=O)NCCc2cccc(Cl)c2)c1C. The third kappa shape index (κ3) is 5.61. The van der Waals surface area contributed by atoms with Crippen LogP contribution in [0.1, 0.15) is 23.1 Å². The van der Waals surface area contributed by atoms with E-state index in [1.54, 1.807) is 0 Å². The fraction of sp³-hybridized carbons (Fsp3) is 0.316. The molecule has 23 heavy (non-hydrogen) atoms. The molecule has 0 heterocycles. The van der Waals surface area contributed by atoms with Gasteiger partial charge in [-0.3, -0.25) is 4.79 Å². The highest BCUT2D eigenvalue weighted by atomic mass is 35.5. The molecular weight excluding hydrogens is 308 g/mol. The average Bonchev–Trinajstić information content (AvgIpc) is 2.51. The van der Waals surface area contributed by atoms with Crippen LogP contribution < -0.4 is 10.6 Å². The number of hydrogen-bond acceptors (Lipinski definition) is 2. The van der Waals surface area contributed by atoms with Gasteiger partial charge in [-0.15, -0.1) is 0 Å². The van der Waals surface area contributed by atoms with E-state index < -0.39 is 0 Å². The first-order valence-electron chi connectivity index (χ1n) is 7.87. The summed E-state index contributed by atoms with van der Waals surface area (Å²) in [6.07, 6.45) is 1.25. The van der Waals surface area contributed by atoms with Gasteiger partial charge in [-0.25, -0.2) is 0 Å². The zero-order valence-electron chi connectivity index (χ0n) is 13.7. The summed E-state index contributed by atoms with van der Waals surface area (Å²) in [6, 6.07) is 13.9. The molecule has 2 N–H and O–H groups in total. The molecule has 122 valence electrons. The van der Waals surface area contributed by atoms with E-state index in [9.17, 15) is 4.79 Å². The molecular formula is C19H23ClN2O. The Hall–Kier alpha value is -2.00. The first kappa shape index (κ1) is 17.4. The van der Waals surface area contributed by atoms with Crippen molar-refractivity contribution >= 4 is 23.2 Å². The maximum atomic E-state index is 11.9. The highest BCUT2D eigenvalue weighted by molar-refractivity contribution is 6.30. The fourth-order valence-corrected chi connectivity index (χ4v) is 2.59. The minimum absolute atomic E-state index is 0.0600. The zero-order chi connectivity index (χ0) is 16.7. The summed E-state index contributed by atoms with van der Waals surface area (Å²) in [5.74, 6) is 0.0600. The van der Waals surface area contributed by atoms with E-state index in [1.807, 2.05) is 36.4 Å². The first-order chi connectivity index (χ1) is 11.1. The van der Waals surface area contributed by atoms with Gasteiger partial charge in [0, 0.05) is 30.2 Å². The van der Waals surface area contributed by atoms with Crippen LogP contribution in [0.2, 0.25) is 5.02 Å². The summed E-state index contributed by atoms with van der Waals surface area (Å²) in [4.78, 5) is 11.9. The normalized spacial score (nSPS) is 10.4. The first-order valence-corrected chi connectivity index (χ1v) is 8.25. The summed E-state index contributed by atoms with van der Waals surface area (Å²) in [5.41, 5.74) is 4.71. The van der Waals surface area contributed by atoms with E-state index >= 15 is 0 Å². The standard InChI is InChI=1S/C19H23ClN2O/c1-14-5-3-8-18(15(14)2)21-12-10-19(23)22-11-9-16-6-4-7-17(20)13-16/h3-8,13,21H,9-12H2,1-2H3,(H,22,23). The average molecular weight is 331 g/mol. The summed E-state index contributed by atoms with van der Waals surface area (Å²) >= 11 is 5.94. The fourth-order valence-electron chi connectivity index (χ4n) is 2.38. The Bertz CT molecular complexity index is 670. The number of hydrogen-bond donors (Lipinski definition) is 2. The van der Waals surface area contributed by atoms with E-state index in [0.29, 0.717) is 19.5 Å². The lowest BCUT2D eigenvalue weighted by Crippen LogP contribution is -2.27. The van der Waals surface area contributed by atoms with Crippen LogP contribution in [0.5, 0.6) is 0 Å². The molecule has 0 aliphatic carbocycles. The zero-order valence-corrected chi connectivity index (χ0v) is 14.4. The number of anilines is 1. The number of halogens is 1. The second-order valence-corrected chi connectivity index (χ2v) is 6.09. The molecule has 0 fully saturated rings. The van der Waals surface area contributed by atoms with E-state index in [-0.39, 0.29) is 5.91 Å². The van der Waals surface area contributed by atoms with Crippen LogP contribution in [0, 0.1) is 13.8 Å². The molecule has 2 rings (SSSR count). The minimum atomic E-state index is 0.0600. The number of nitrogens with one attached hydrogen (secondary N) is 2. The molecule has 0 aliphatic heterocycles. The number of benzene rings is 2. The molecule has 2 aromatic carbocycles. The predicted molar refractivity (Wildman–Crippen MR) is 97.2 cm³/mol. The van der Waals surface area contributed by atoms with Gasteiger partial charge in [-0.1, -0.05) is 35.9 Å². The van der Waals surface area contributed by atoms with Gasteiger partial charge in [0.2, 0.25) is 5.91 Å². The number of amides is 1. The molecule has 3 nitrogen and oxygen atoms in total. The van der Waals surface area contributed by atoms with Crippen LogP contribution >= 0.6 is 11.6 Å². The summed E-state index contributed by atoms with van der Waals surface area (Å²) in [6.45, 7) is 5.43. The summed E-state index contributed by atoms with van der Waals surface area (Å²) < 4.78 is 0. The molecule has 0 bridgehead atoms. The van der Waals surface area contributed by atoms with Crippen LogP contribution in [0.3, 0.4) is 0 Å². The Morgan fingerprint density at radius 2 is 1.87 bits per heavy atom. The number of carbonyl (C=O) groups is 1. The monoisotopic (exact) mass is 330 g/mol. The van der Waals surface area contributed by atoms with Gasteiger partial charge in [0.15, 0.2) is 0 Å². The van der Waals surface area contributed by atoms with Crippen LogP contribution in [0.4, 0.5) is 5.69 Å². The van der Waals surface area contributed by atoms with Gasteiger partial charge in [0.05, 0.1) is 0 Å². The third-order valence-electron chi connectivity index (χ3n) is 3.90. The summed E-state index contributed by atoms with van der Waals surface area (Å²) in [5, 5.41) is 6.99. The van der Waals surface area contributed by atoms with E-state index in [2.05, 4.69) is 30.5 Å². The van der Waals surface area contributed by atoms with Crippen LogP contribution in [-0.4, -0.2) is 19.0 Å². The Kier molecular flexibility index (Phi) is 6.48. The number of carbonyl (C=O) groups excluding carboxylic acids is 1. The molecule has 4 heteroatoms. The van der Waals surface area contributed by atoms with E-state index in [4.69, 9.17) is 11.6 Å². The van der Waals surface area contributed by atoms with Crippen molar-refractivity contribution in [2.75, 3.05) is 18.4 Å². The van der Waals surface area contributed by atoms with Crippen molar-refractivity contribution in [1.29, 1.82) is 0 Å². The van der Waals surface area contributed by atoms with Crippen LogP contribution in [0.25, 0.3) is 0 Å². The van der Waals surface area contributed by atoms with Gasteiger partial charge in [-0.05, 0) is 55.2 Å². The molecule has 0 saturated heterocycles. The Balaban J connectivity index is 1.68. The second-order valence-electron chi connectivity index (χ2n) is 5.65. The Labute approximate surface area is 143 Å². The van der Waals surface area contributed by atoms with Crippen molar-refractivity contribution in [3.8, 4) is 0 Å². The van der Waals surface area contributed by atoms with Gasteiger partial charge >= 0.3 is 0 Å².